The van der Waals surface area contributed by atoms with E-state index in [2.05, 4.69) is 10.6 Å². The van der Waals surface area contributed by atoms with Gasteiger partial charge in [0, 0.05) is 25.2 Å². The summed E-state index contributed by atoms with van der Waals surface area (Å²) in [5, 5.41) is 5.82. The molecule has 9 heteroatoms. The Labute approximate surface area is 171 Å². The summed E-state index contributed by atoms with van der Waals surface area (Å²) in [4.78, 5) is 34.9. The number of hydrogen-bond donors (Lipinski definition) is 2. The first kappa shape index (κ1) is 21.5. The molecule has 0 heterocycles. The molecular weight excluding hydrogens is 407 g/mol. The van der Waals surface area contributed by atoms with E-state index < -0.39 is 5.97 Å². The highest BCUT2D eigenvalue weighted by Crippen LogP contribution is 2.32. The third kappa shape index (κ3) is 6.44. The van der Waals surface area contributed by atoms with Crippen molar-refractivity contribution in [3.63, 3.8) is 0 Å². The highest BCUT2D eigenvalue weighted by Gasteiger charge is 2.13. The van der Waals surface area contributed by atoms with E-state index >= 15 is 0 Å². The van der Waals surface area contributed by atoms with Gasteiger partial charge in [0.15, 0.2) is 5.75 Å². The van der Waals surface area contributed by atoms with Crippen LogP contribution in [0.1, 0.15) is 24.2 Å². The van der Waals surface area contributed by atoms with E-state index in [0.29, 0.717) is 27.2 Å². The molecule has 0 unspecified atom stereocenters. The number of benzene rings is 2. The number of esters is 1. The van der Waals surface area contributed by atoms with Gasteiger partial charge in [-0.2, -0.15) is 0 Å². The number of halogens is 2. The van der Waals surface area contributed by atoms with Gasteiger partial charge in [-0.1, -0.05) is 29.3 Å². The lowest BCUT2D eigenvalue weighted by atomic mass is 10.1. The fourth-order valence-electron chi connectivity index (χ4n) is 2.28. The van der Waals surface area contributed by atoms with Crippen LogP contribution in [0.5, 0.6) is 5.75 Å². The lowest BCUT2D eigenvalue weighted by molar-refractivity contribution is -0.115. The van der Waals surface area contributed by atoms with Crippen LogP contribution >= 0.6 is 23.2 Å². The highest BCUT2D eigenvalue weighted by atomic mass is 35.5. The molecule has 0 aliphatic heterocycles. The number of rotatable bonds is 7. The van der Waals surface area contributed by atoms with Crippen molar-refractivity contribution < 1.29 is 23.9 Å². The van der Waals surface area contributed by atoms with E-state index in [1.54, 1.807) is 18.2 Å². The summed E-state index contributed by atoms with van der Waals surface area (Å²) >= 11 is 12.0. The van der Waals surface area contributed by atoms with Gasteiger partial charge in [-0.05, 0) is 30.3 Å². The first-order chi connectivity index (χ1) is 13.3. The Balaban J connectivity index is 2.02. The smallest absolute Gasteiger partial charge is 0.338 e. The standard InChI is InChI=1S/C19H18Cl2N2O5/c1-11(24)22-14-8-13(9-15(10-14)23-12(2)25)19(26)28-7-6-27-18-16(20)4-3-5-17(18)21/h3-5,8-10H,6-7H2,1-2H3,(H,22,24)(H,23,25). The van der Waals surface area contributed by atoms with Crippen LogP contribution in [0.3, 0.4) is 0 Å². The molecule has 2 amide bonds. The summed E-state index contributed by atoms with van der Waals surface area (Å²) in [5.74, 6) is -0.969. The van der Waals surface area contributed by atoms with E-state index in [9.17, 15) is 14.4 Å². The van der Waals surface area contributed by atoms with Crippen molar-refractivity contribution in [1.82, 2.24) is 0 Å². The van der Waals surface area contributed by atoms with E-state index in [0.717, 1.165) is 0 Å². The fraction of sp³-hybridized carbons (Fsp3) is 0.211. The Hall–Kier alpha value is -2.77. The molecule has 28 heavy (non-hydrogen) atoms. The van der Waals surface area contributed by atoms with Crippen molar-refractivity contribution in [2.24, 2.45) is 0 Å². The van der Waals surface area contributed by atoms with Gasteiger partial charge in [0.25, 0.3) is 0 Å². The molecule has 0 atom stereocenters. The SMILES string of the molecule is CC(=O)Nc1cc(NC(C)=O)cc(C(=O)OCCOc2c(Cl)cccc2Cl)c1. The molecule has 0 fully saturated rings. The summed E-state index contributed by atoms with van der Waals surface area (Å²) < 4.78 is 10.6. The minimum atomic E-state index is -0.646. The van der Waals surface area contributed by atoms with Gasteiger partial charge in [0.1, 0.15) is 13.2 Å². The second-order valence-corrected chi connectivity index (χ2v) is 6.51. The van der Waals surface area contributed by atoms with Crippen molar-refractivity contribution in [2.75, 3.05) is 23.8 Å². The van der Waals surface area contributed by atoms with Crippen LogP contribution in [0.15, 0.2) is 36.4 Å². The van der Waals surface area contributed by atoms with Gasteiger partial charge < -0.3 is 20.1 Å². The summed E-state index contributed by atoms with van der Waals surface area (Å²) in [5.41, 5.74) is 0.861. The number of carbonyl (C=O) groups excluding carboxylic acids is 3. The molecule has 0 saturated heterocycles. The monoisotopic (exact) mass is 424 g/mol. The largest absolute Gasteiger partial charge is 0.487 e. The van der Waals surface area contributed by atoms with Crippen molar-refractivity contribution in [3.8, 4) is 5.75 Å². The lowest BCUT2D eigenvalue weighted by Crippen LogP contribution is -2.14. The quantitative estimate of drug-likeness (QED) is 0.514. The average molecular weight is 425 g/mol. The number of hydrogen-bond acceptors (Lipinski definition) is 5. The maximum atomic E-state index is 12.3. The number of nitrogens with one attached hydrogen (secondary N) is 2. The normalized spacial score (nSPS) is 10.1. The van der Waals surface area contributed by atoms with E-state index in [4.69, 9.17) is 32.7 Å². The summed E-state index contributed by atoms with van der Waals surface area (Å²) in [6, 6.07) is 9.37. The average Bonchev–Trinajstić information content (AvgIpc) is 2.59. The molecule has 0 saturated carbocycles. The summed E-state index contributed by atoms with van der Waals surface area (Å²) in [7, 11) is 0. The second-order valence-electron chi connectivity index (χ2n) is 5.70. The van der Waals surface area contributed by atoms with Crippen molar-refractivity contribution >= 4 is 52.4 Å². The molecule has 0 aliphatic rings. The summed E-state index contributed by atoms with van der Waals surface area (Å²) in [6.45, 7) is 2.65. The maximum Gasteiger partial charge on any atom is 0.338 e. The number of para-hydroxylation sites is 1. The zero-order chi connectivity index (χ0) is 20.7. The van der Waals surface area contributed by atoms with Crippen LogP contribution in [0, 0.1) is 0 Å². The van der Waals surface area contributed by atoms with Crippen molar-refractivity contribution in [3.05, 3.63) is 52.0 Å². The van der Waals surface area contributed by atoms with Gasteiger partial charge in [-0.15, -0.1) is 0 Å². The van der Waals surface area contributed by atoms with E-state index in [-0.39, 0.29) is 30.6 Å². The highest BCUT2D eigenvalue weighted by molar-refractivity contribution is 6.37. The van der Waals surface area contributed by atoms with Crippen LogP contribution in [0.2, 0.25) is 10.0 Å². The molecule has 0 bridgehead atoms. The minimum Gasteiger partial charge on any atom is -0.487 e. The first-order valence-corrected chi connectivity index (χ1v) is 8.96. The molecule has 0 radical (unpaired) electrons. The zero-order valence-electron chi connectivity index (χ0n) is 15.2. The van der Waals surface area contributed by atoms with E-state index in [1.165, 1.54) is 32.0 Å². The molecule has 0 spiro atoms. The Morgan fingerprint density at radius 3 is 1.93 bits per heavy atom. The van der Waals surface area contributed by atoms with Crippen LogP contribution in [-0.2, 0) is 14.3 Å². The fourth-order valence-corrected chi connectivity index (χ4v) is 2.78. The lowest BCUT2D eigenvalue weighted by Gasteiger charge is -2.12. The number of ether oxygens (including phenoxy) is 2. The zero-order valence-corrected chi connectivity index (χ0v) is 16.7. The summed E-state index contributed by atoms with van der Waals surface area (Å²) in [6.07, 6.45) is 0. The predicted molar refractivity (Wildman–Crippen MR) is 107 cm³/mol. The molecule has 0 aromatic heterocycles. The second kappa shape index (κ2) is 9.96. The Morgan fingerprint density at radius 2 is 1.43 bits per heavy atom. The van der Waals surface area contributed by atoms with Crippen molar-refractivity contribution in [1.29, 1.82) is 0 Å². The minimum absolute atomic E-state index is 0.0408. The number of amides is 2. The van der Waals surface area contributed by atoms with E-state index in [1.807, 2.05) is 0 Å². The molecule has 148 valence electrons. The van der Waals surface area contributed by atoms with Crippen LogP contribution in [0.25, 0.3) is 0 Å². The van der Waals surface area contributed by atoms with Gasteiger partial charge in [-0.25, -0.2) is 4.79 Å². The van der Waals surface area contributed by atoms with Crippen molar-refractivity contribution in [2.45, 2.75) is 13.8 Å². The van der Waals surface area contributed by atoms with Gasteiger partial charge in [0.2, 0.25) is 11.8 Å². The molecule has 7 nitrogen and oxygen atoms in total. The third-order valence-electron chi connectivity index (χ3n) is 3.29. The molecule has 2 aromatic rings. The molecule has 2 aromatic carbocycles. The Bertz CT molecular complexity index is 847. The topological polar surface area (TPSA) is 93.7 Å². The number of anilines is 2. The Morgan fingerprint density at radius 1 is 0.893 bits per heavy atom. The van der Waals surface area contributed by atoms with Crippen LogP contribution in [-0.4, -0.2) is 31.0 Å². The van der Waals surface area contributed by atoms with Crippen LogP contribution < -0.4 is 15.4 Å². The van der Waals surface area contributed by atoms with Gasteiger partial charge in [0.05, 0.1) is 15.6 Å². The maximum absolute atomic E-state index is 12.3. The predicted octanol–water partition coefficient (Wildman–Crippen LogP) is 4.15. The molecular formula is C19H18Cl2N2O5. The number of carbonyl (C=O) groups is 3. The molecule has 2 N–H and O–H groups in total. The van der Waals surface area contributed by atoms with Gasteiger partial charge in [-0.3, -0.25) is 9.59 Å². The third-order valence-corrected chi connectivity index (χ3v) is 3.89. The van der Waals surface area contributed by atoms with Gasteiger partial charge >= 0.3 is 5.97 Å². The van der Waals surface area contributed by atoms with Crippen LogP contribution in [0.4, 0.5) is 11.4 Å². The first-order valence-electron chi connectivity index (χ1n) is 8.20. The molecule has 0 aliphatic carbocycles. The molecule has 2 rings (SSSR count). The Kier molecular flexibility index (Phi) is 7.66.